The van der Waals surface area contributed by atoms with Gasteiger partial charge < -0.3 is 15.4 Å². The van der Waals surface area contributed by atoms with Crippen LogP contribution < -0.4 is 15.4 Å². The molecule has 1 aromatic carbocycles. The molecule has 0 unspecified atom stereocenters. The van der Waals surface area contributed by atoms with Crippen LogP contribution in [0.25, 0.3) is 0 Å². The van der Waals surface area contributed by atoms with E-state index < -0.39 is 0 Å². The molecule has 2 N–H and O–H groups in total. The molecule has 0 bridgehead atoms. The van der Waals surface area contributed by atoms with Gasteiger partial charge in [-0.2, -0.15) is 0 Å². The van der Waals surface area contributed by atoms with Crippen molar-refractivity contribution in [3.8, 4) is 5.75 Å². The van der Waals surface area contributed by atoms with Crippen LogP contribution in [0.4, 0.5) is 0 Å². The van der Waals surface area contributed by atoms with Crippen molar-refractivity contribution < 1.29 is 4.74 Å². The molecule has 1 aliphatic carbocycles. The van der Waals surface area contributed by atoms with Crippen LogP contribution in [-0.4, -0.2) is 32.2 Å². The van der Waals surface area contributed by atoms with E-state index in [0.29, 0.717) is 12.6 Å². The standard InChI is InChI=1S/C15H20BrN3O.HI/c1-17-15(19-13-4-2-3-5-13)18-10-11-20-14-8-6-12(16)7-9-14;/h2-3,6-9,13H,4-5,10-11H2,1H3,(H2,17,18,19);1H. The third-order valence-electron chi connectivity index (χ3n) is 3.05. The monoisotopic (exact) mass is 465 g/mol. The SMILES string of the molecule is CN=C(NCCOc1ccc(Br)cc1)NC1CC=CC1.I. The van der Waals surface area contributed by atoms with Gasteiger partial charge in [-0.05, 0) is 37.1 Å². The second-order valence-electron chi connectivity index (χ2n) is 4.59. The summed E-state index contributed by atoms with van der Waals surface area (Å²) < 4.78 is 6.70. The van der Waals surface area contributed by atoms with Gasteiger partial charge in [-0.1, -0.05) is 28.1 Å². The summed E-state index contributed by atoms with van der Waals surface area (Å²) >= 11 is 3.40. The lowest BCUT2D eigenvalue weighted by atomic mass is 10.2. The molecule has 0 saturated carbocycles. The minimum absolute atomic E-state index is 0. The predicted octanol–water partition coefficient (Wildman–Crippen LogP) is 3.33. The van der Waals surface area contributed by atoms with Crippen molar-refractivity contribution in [2.75, 3.05) is 20.2 Å². The maximum atomic E-state index is 5.65. The summed E-state index contributed by atoms with van der Waals surface area (Å²) in [6.07, 6.45) is 6.52. The molecule has 2 rings (SSSR count). The van der Waals surface area contributed by atoms with Crippen molar-refractivity contribution in [3.63, 3.8) is 0 Å². The van der Waals surface area contributed by atoms with Crippen molar-refractivity contribution >= 4 is 45.9 Å². The molecule has 0 aliphatic heterocycles. The zero-order chi connectivity index (χ0) is 14.2. The van der Waals surface area contributed by atoms with E-state index in [9.17, 15) is 0 Å². The Morgan fingerprint density at radius 1 is 1.29 bits per heavy atom. The quantitative estimate of drug-likeness (QED) is 0.230. The highest BCUT2D eigenvalue weighted by molar-refractivity contribution is 14.0. The smallest absolute Gasteiger partial charge is 0.191 e. The number of nitrogens with one attached hydrogen (secondary N) is 2. The van der Waals surface area contributed by atoms with Crippen LogP contribution in [0.15, 0.2) is 45.9 Å². The molecule has 0 fully saturated rings. The number of benzene rings is 1. The van der Waals surface area contributed by atoms with Crippen LogP contribution in [0.2, 0.25) is 0 Å². The summed E-state index contributed by atoms with van der Waals surface area (Å²) in [6.45, 7) is 1.32. The number of nitrogens with zero attached hydrogens (tertiary/aromatic N) is 1. The number of ether oxygens (including phenoxy) is 1. The normalized spacial score (nSPS) is 14.7. The molecule has 21 heavy (non-hydrogen) atoms. The summed E-state index contributed by atoms with van der Waals surface area (Å²) in [5.41, 5.74) is 0. The zero-order valence-corrected chi connectivity index (χ0v) is 15.9. The van der Waals surface area contributed by atoms with Crippen LogP contribution in [0.3, 0.4) is 0 Å². The lowest BCUT2D eigenvalue weighted by Crippen LogP contribution is -2.43. The minimum Gasteiger partial charge on any atom is -0.492 e. The van der Waals surface area contributed by atoms with Crippen molar-refractivity contribution in [3.05, 3.63) is 40.9 Å². The van der Waals surface area contributed by atoms with E-state index in [1.165, 1.54) is 0 Å². The van der Waals surface area contributed by atoms with Gasteiger partial charge in [0.05, 0.1) is 6.54 Å². The molecule has 0 heterocycles. The van der Waals surface area contributed by atoms with Crippen molar-refractivity contribution in [2.45, 2.75) is 18.9 Å². The van der Waals surface area contributed by atoms with E-state index in [-0.39, 0.29) is 24.0 Å². The zero-order valence-electron chi connectivity index (χ0n) is 12.0. The second-order valence-corrected chi connectivity index (χ2v) is 5.50. The Hall–Kier alpha value is -0.760. The fourth-order valence-electron chi connectivity index (χ4n) is 1.99. The third-order valence-corrected chi connectivity index (χ3v) is 3.58. The summed E-state index contributed by atoms with van der Waals surface area (Å²) in [4.78, 5) is 4.21. The first-order valence-electron chi connectivity index (χ1n) is 6.78. The van der Waals surface area contributed by atoms with Gasteiger partial charge in [0.25, 0.3) is 0 Å². The Morgan fingerprint density at radius 3 is 2.57 bits per heavy atom. The van der Waals surface area contributed by atoms with Crippen molar-refractivity contribution in [1.29, 1.82) is 0 Å². The fraction of sp³-hybridized carbons (Fsp3) is 0.400. The molecule has 0 radical (unpaired) electrons. The van der Waals surface area contributed by atoms with Crippen molar-refractivity contribution in [2.24, 2.45) is 4.99 Å². The molecule has 0 spiro atoms. The van der Waals surface area contributed by atoms with E-state index in [0.717, 1.165) is 35.6 Å². The van der Waals surface area contributed by atoms with E-state index >= 15 is 0 Å². The molecular formula is C15H21BrIN3O. The average Bonchev–Trinajstić information content (AvgIpc) is 2.97. The molecule has 0 atom stereocenters. The molecule has 0 aromatic heterocycles. The summed E-state index contributed by atoms with van der Waals surface area (Å²) in [7, 11) is 1.79. The van der Waals surface area contributed by atoms with Crippen LogP contribution in [-0.2, 0) is 0 Å². The number of aliphatic imine (C=N–C) groups is 1. The molecule has 6 heteroatoms. The Kier molecular flexibility index (Phi) is 8.75. The van der Waals surface area contributed by atoms with Gasteiger partial charge in [0.15, 0.2) is 5.96 Å². The Labute approximate surface area is 151 Å². The number of hydrogen-bond donors (Lipinski definition) is 2. The number of guanidine groups is 1. The topological polar surface area (TPSA) is 45.7 Å². The molecular weight excluding hydrogens is 445 g/mol. The molecule has 1 aromatic rings. The number of halogens is 2. The maximum Gasteiger partial charge on any atom is 0.191 e. The lowest BCUT2D eigenvalue weighted by Gasteiger charge is -2.17. The Balaban J connectivity index is 0.00000220. The van der Waals surface area contributed by atoms with Gasteiger partial charge in [-0.25, -0.2) is 0 Å². The predicted molar refractivity (Wildman–Crippen MR) is 102 cm³/mol. The number of hydrogen-bond acceptors (Lipinski definition) is 2. The first-order chi connectivity index (χ1) is 9.78. The van der Waals surface area contributed by atoms with Crippen LogP contribution in [0.1, 0.15) is 12.8 Å². The summed E-state index contributed by atoms with van der Waals surface area (Å²) in [5.74, 6) is 1.70. The minimum atomic E-state index is 0. The van der Waals surface area contributed by atoms with Gasteiger partial charge in [0, 0.05) is 17.6 Å². The highest BCUT2D eigenvalue weighted by atomic mass is 127. The van der Waals surface area contributed by atoms with E-state index in [2.05, 4.69) is 43.7 Å². The highest BCUT2D eigenvalue weighted by Crippen LogP contribution is 2.15. The molecule has 0 amide bonds. The van der Waals surface area contributed by atoms with E-state index in [1.54, 1.807) is 7.05 Å². The Morgan fingerprint density at radius 2 is 1.95 bits per heavy atom. The van der Waals surface area contributed by atoms with Crippen LogP contribution >= 0.6 is 39.9 Å². The number of rotatable bonds is 5. The van der Waals surface area contributed by atoms with Gasteiger partial charge >= 0.3 is 0 Å². The Bertz CT molecular complexity index is 468. The average molecular weight is 466 g/mol. The summed E-state index contributed by atoms with van der Waals surface area (Å²) in [5, 5.41) is 6.64. The third kappa shape index (κ3) is 6.69. The van der Waals surface area contributed by atoms with Gasteiger partial charge in [0.1, 0.15) is 12.4 Å². The van der Waals surface area contributed by atoms with Gasteiger partial charge in [0.2, 0.25) is 0 Å². The first kappa shape index (κ1) is 18.3. The van der Waals surface area contributed by atoms with Gasteiger partial charge in [-0.3, -0.25) is 4.99 Å². The second kappa shape index (κ2) is 10.0. The molecule has 4 nitrogen and oxygen atoms in total. The molecule has 116 valence electrons. The maximum absolute atomic E-state index is 5.65. The molecule has 1 aliphatic rings. The molecule has 0 saturated heterocycles. The van der Waals surface area contributed by atoms with E-state index in [1.807, 2.05) is 24.3 Å². The van der Waals surface area contributed by atoms with Gasteiger partial charge in [-0.15, -0.1) is 24.0 Å². The lowest BCUT2D eigenvalue weighted by molar-refractivity contribution is 0.321. The summed E-state index contributed by atoms with van der Waals surface area (Å²) in [6, 6.07) is 8.30. The van der Waals surface area contributed by atoms with Crippen LogP contribution in [0, 0.1) is 0 Å². The highest BCUT2D eigenvalue weighted by Gasteiger charge is 2.11. The largest absolute Gasteiger partial charge is 0.492 e. The fourth-order valence-corrected chi connectivity index (χ4v) is 2.26. The van der Waals surface area contributed by atoms with Crippen molar-refractivity contribution in [1.82, 2.24) is 10.6 Å². The van der Waals surface area contributed by atoms with E-state index in [4.69, 9.17) is 4.74 Å². The first-order valence-corrected chi connectivity index (χ1v) is 7.58. The van der Waals surface area contributed by atoms with Crippen LogP contribution in [0.5, 0.6) is 5.75 Å².